The molecular formula is C13H13Cl2NS. The topological polar surface area (TPSA) is 26.0 Å². The molecule has 90 valence electrons. The average molecular weight is 286 g/mol. The van der Waals surface area contributed by atoms with Crippen molar-refractivity contribution in [2.24, 2.45) is 5.73 Å². The van der Waals surface area contributed by atoms with E-state index in [2.05, 4.69) is 19.9 Å². The van der Waals surface area contributed by atoms with E-state index in [1.54, 1.807) is 17.4 Å². The Kier molecular flexibility index (Phi) is 3.79. The molecule has 1 aromatic carbocycles. The van der Waals surface area contributed by atoms with Gasteiger partial charge in [0.05, 0.1) is 6.04 Å². The second-order valence-corrected chi connectivity index (χ2v) is 6.18. The number of thiophene rings is 1. The van der Waals surface area contributed by atoms with Crippen LogP contribution in [0.15, 0.2) is 24.3 Å². The molecule has 1 unspecified atom stereocenters. The Morgan fingerprint density at radius 2 is 1.88 bits per heavy atom. The molecule has 17 heavy (non-hydrogen) atoms. The highest BCUT2D eigenvalue weighted by Crippen LogP contribution is 2.34. The van der Waals surface area contributed by atoms with E-state index in [1.165, 1.54) is 10.4 Å². The van der Waals surface area contributed by atoms with E-state index in [0.717, 1.165) is 10.4 Å². The second kappa shape index (κ2) is 4.99. The monoisotopic (exact) mass is 285 g/mol. The number of hydrogen-bond acceptors (Lipinski definition) is 2. The predicted molar refractivity (Wildman–Crippen MR) is 76.3 cm³/mol. The maximum absolute atomic E-state index is 6.26. The molecule has 4 heteroatoms. The van der Waals surface area contributed by atoms with Gasteiger partial charge in [-0.2, -0.15) is 0 Å². The smallest absolute Gasteiger partial charge is 0.0663 e. The SMILES string of the molecule is Cc1cc(C)c(C(N)c2ccc(Cl)cc2Cl)s1. The zero-order chi connectivity index (χ0) is 12.6. The van der Waals surface area contributed by atoms with Crippen molar-refractivity contribution in [3.8, 4) is 0 Å². The summed E-state index contributed by atoms with van der Waals surface area (Å²) in [5.74, 6) is 0. The summed E-state index contributed by atoms with van der Waals surface area (Å²) in [5, 5.41) is 1.25. The van der Waals surface area contributed by atoms with E-state index < -0.39 is 0 Å². The highest BCUT2D eigenvalue weighted by molar-refractivity contribution is 7.12. The molecule has 2 rings (SSSR count). The second-order valence-electron chi connectivity index (χ2n) is 4.05. The fraction of sp³-hybridized carbons (Fsp3) is 0.231. The van der Waals surface area contributed by atoms with E-state index in [-0.39, 0.29) is 6.04 Å². The van der Waals surface area contributed by atoms with Gasteiger partial charge in [0.1, 0.15) is 0 Å². The summed E-state index contributed by atoms with van der Waals surface area (Å²) < 4.78 is 0. The van der Waals surface area contributed by atoms with Crippen LogP contribution in [0.4, 0.5) is 0 Å². The number of hydrogen-bond donors (Lipinski definition) is 1. The molecule has 0 radical (unpaired) electrons. The van der Waals surface area contributed by atoms with Crippen molar-refractivity contribution in [1.29, 1.82) is 0 Å². The molecule has 2 N–H and O–H groups in total. The molecule has 0 aliphatic rings. The molecule has 0 amide bonds. The number of benzene rings is 1. The third kappa shape index (κ3) is 2.66. The first kappa shape index (κ1) is 12.9. The van der Waals surface area contributed by atoms with Crippen LogP contribution in [0.2, 0.25) is 10.0 Å². The van der Waals surface area contributed by atoms with Crippen LogP contribution in [0.25, 0.3) is 0 Å². The summed E-state index contributed by atoms with van der Waals surface area (Å²) in [6, 6.07) is 7.40. The zero-order valence-electron chi connectivity index (χ0n) is 9.63. The van der Waals surface area contributed by atoms with Gasteiger partial charge in [0, 0.05) is 19.8 Å². The average Bonchev–Trinajstić information content (AvgIpc) is 2.57. The third-order valence-electron chi connectivity index (χ3n) is 2.66. The van der Waals surface area contributed by atoms with Crippen molar-refractivity contribution in [3.05, 3.63) is 55.2 Å². The molecule has 1 aromatic heterocycles. The fourth-order valence-electron chi connectivity index (χ4n) is 1.86. The van der Waals surface area contributed by atoms with Gasteiger partial charge in [0.25, 0.3) is 0 Å². The Labute approximate surface area is 115 Å². The van der Waals surface area contributed by atoms with Crippen LogP contribution >= 0.6 is 34.5 Å². The molecule has 0 aliphatic carbocycles. The van der Waals surface area contributed by atoms with Crippen molar-refractivity contribution in [2.45, 2.75) is 19.9 Å². The minimum absolute atomic E-state index is 0.182. The first-order chi connectivity index (χ1) is 7.99. The lowest BCUT2D eigenvalue weighted by Gasteiger charge is -2.13. The Morgan fingerprint density at radius 1 is 1.18 bits per heavy atom. The highest BCUT2D eigenvalue weighted by Gasteiger charge is 2.16. The van der Waals surface area contributed by atoms with E-state index in [0.29, 0.717) is 10.0 Å². The largest absolute Gasteiger partial charge is 0.320 e. The van der Waals surface area contributed by atoms with Crippen molar-refractivity contribution in [2.75, 3.05) is 0 Å². The molecule has 1 atom stereocenters. The summed E-state index contributed by atoms with van der Waals surface area (Å²) in [6.45, 7) is 4.15. The Balaban J connectivity index is 2.43. The van der Waals surface area contributed by atoms with Crippen LogP contribution in [-0.4, -0.2) is 0 Å². The lowest BCUT2D eigenvalue weighted by Crippen LogP contribution is -2.11. The lowest BCUT2D eigenvalue weighted by atomic mass is 10.0. The van der Waals surface area contributed by atoms with Crippen LogP contribution in [0.3, 0.4) is 0 Å². The van der Waals surface area contributed by atoms with E-state index >= 15 is 0 Å². The molecule has 0 bridgehead atoms. The number of rotatable bonds is 2. The van der Waals surface area contributed by atoms with Crippen molar-refractivity contribution < 1.29 is 0 Å². The first-order valence-corrected chi connectivity index (χ1v) is 6.83. The number of aryl methyl sites for hydroxylation is 2. The summed E-state index contributed by atoms with van der Waals surface area (Å²) in [7, 11) is 0. The Hall–Kier alpha value is -0.540. The lowest BCUT2D eigenvalue weighted by molar-refractivity contribution is 0.885. The summed E-state index contributed by atoms with van der Waals surface area (Å²) in [5.41, 5.74) is 8.40. The minimum atomic E-state index is -0.182. The van der Waals surface area contributed by atoms with Crippen molar-refractivity contribution in [1.82, 2.24) is 0 Å². The molecule has 0 saturated carbocycles. The van der Waals surface area contributed by atoms with E-state index in [1.807, 2.05) is 12.1 Å². The van der Waals surface area contributed by atoms with E-state index in [4.69, 9.17) is 28.9 Å². The zero-order valence-corrected chi connectivity index (χ0v) is 12.0. The van der Waals surface area contributed by atoms with Gasteiger partial charge in [-0.25, -0.2) is 0 Å². The van der Waals surface area contributed by atoms with Gasteiger partial charge in [-0.15, -0.1) is 11.3 Å². The quantitative estimate of drug-likeness (QED) is 0.849. The van der Waals surface area contributed by atoms with Gasteiger partial charge in [-0.1, -0.05) is 29.3 Å². The van der Waals surface area contributed by atoms with Gasteiger partial charge in [0.2, 0.25) is 0 Å². The summed E-state index contributed by atoms with van der Waals surface area (Å²) >= 11 is 13.8. The van der Waals surface area contributed by atoms with Gasteiger partial charge in [-0.3, -0.25) is 0 Å². The summed E-state index contributed by atoms with van der Waals surface area (Å²) in [4.78, 5) is 2.42. The maximum Gasteiger partial charge on any atom is 0.0663 e. The van der Waals surface area contributed by atoms with Crippen molar-refractivity contribution >= 4 is 34.5 Å². The molecule has 0 aliphatic heterocycles. The van der Waals surface area contributed by atoms with Crippen LogP contribution < -0.4 is 5.73 Å². The first-order valence-electron chi connectivity index (χ1n) is 5.26. The third-order valence-corrected chi connectivity index (χ3v) is 4.46. The molecule has 1 nitrogen and oxygen atoms in total. The summed E-state index contributed by atoms with van der Waals surface area (Å²) in [6.07, 6.45) is 0. The molecule has 1 heterocycles. The Morgan fingerprint density at radius 3 is 2.41 bits per heavy atom. The van der Waals surface area contributed by atoms with Crippen LogP contribution in [0.5, 0.6) is 0 Å². The highest BCUT2D eigenvalue weighted by atomic mass is 35.5. The van der Waals surface area contributed by atoms with Gasteiger partial charge in [0.15, 0.2) is 0 Å². The minimum Gasteiger partial charge on any atom is -0.320 e. The molecular weight excluding hydrogens is 273 g/mol. The molecule has 0 fully saturated rings. The normalized spacial score (nSPS) is 12.8. The van der Waals surface area contributed by atoms with Crippen LogP contribution in [0.1, 0.15) is 26.9 Å². The van der Waals surface area contributed by atoms with E-state index in [9.17, 15) is 0 Å². The predicted octanol–water partition coefficient (Wildman–Crippen LogP) is 4.72. The maximum atomic E-state index is 6.26. The molecule has 0 spiro atoms. The van der Waals surface area contributed by atoms with Gasteiger partial charge in [-0.05, 0) is 43.2 Å². The Bertz CT molecular complexity index is 548. The standard InChI is InChI=1S/C13H13Cl2NS/c1-7-5-8(2)17-13(7)12(16)10-4-3-9(14)6-11(10)15/h3-6,12H,16H2,1-2H3. The number of halogens is 2. The molecule has 2 aromatic rings. The van der Waals surface area contributed by atoms with Crippen molar-refractivity contribution in [3.63, 3.8) is 0 Å². The van der Waals surface area contributed by atoms with Crippen LogP contribution in [0, 0.1) is 13.8 Å². The van der Waals surface area contributed by atoms with Crippen LogP contribution in [-0.2, 0) is 0 Å². The van der Waals surface area contributed by atoms with Gasteiger partial charge >= 0.3 is 0 Å². The molecule has 0 saturated heterocycles. The number of nitrogens with two attached hydrogens (primary N) is 1. The fourth-order valence-corrected chi connectivity index (χ4v) is 3.45. The van der Waals surface area contributed by atoms with Gasteiger partial charge < -0.3 is 5.73 Å².